The van der Waals surface area contributed by atoms with Crippen molar-refractivity contribution in [3.63, 3.8) is 0 Å². The summed E-state index contributed by atoms with van der Waals surface area (Å²) >= 11 is 6.14. The molecule has 4 rings (SSSR count). The van der Waals surface area contributed by atoms with Crippen LogP contribution >= 0.6 is 11.6 Å². The third-order valence-corrected chi connectivity index (χ3v) is 7.04. The van der Waals surface area contributed by atoms with Gasteiger partial charge >= 0.3 is 0 Å². The minimum Gasteiger partial charge on any atom is -0.446 e. The number of carbonyl (C=O) groups is 4. The van der Waals surface area contributed by atoms with Gasteiger partial charge in [0.25, 0.3) is 11.8 Å². The Bertz CT molecular complexity index is 1380. The lowest BCUT2D eigenvalue weighted by molar-refractivity contribution is -0.131. The minimum atomic E-state index is -0.948. The van der Waals surface area contributed by atoms with E-state index in [4.69, 9.17) is 16.0 Å². The van der Waals surface area contributed by atoms with Crippen LogP contribution in [0.3, 0.4) is 0 Å². The molecule has 1 aliphatic rings. The van der Waals surface area contributed by atoms with Crippen molar-refractivity contribution in [2.24, 2.45) is 5.92 Å². The second kappa shape index (κ2) is 13.9. The maximum Gasteiger partial charge on any atom is 0.273 e. The van der Waals surface area contributed by atoms with Gasteiger partial charge in [-0.1, -0.05) is 55.8 Å². The van der Waals surface area contributed by atoms with Crippen molar-refractivity contribution in [2.45, 2.75) is 57.7 Å². The average molecular weight is 581 g/mol. The van der Waals surface area contributed by atoms with Crippen LogP contribution in [0.4, 0.5) is 0 Å². The highest BCUT2D eigenvalue weighted by molar-refractivity contribution is 6.33. The summed E-state index contributed by atoms with van der Waals surface area (Å²) in [5.74, 6) is -2.02. The van der Waals surface area contributed by atoms with Crippen molar-refractivity contribution in [2.75, 3.05) is 6.54 Å². The molecule has 0 unspecified atom stereocenters. The summed E-state index contributed by atoms with van der Waals surface area (Å²) in [6.45, 7) is 3.96. The molecule has 216 valence electrons. The predicted molar refractivity (Wildman–Crippen MR) is 151 cm³/mol. The van der Waals surface area contributed by atoms with Gasteiger partial charge in [0, 0.05) is 25.4 Å². The SMILES string of the molecule is CC(C)[C@@H]1NC(=O)[C@@H](NC(=O)c2ccncc2Cl)CCCCNC(=O)c2coc(n2)[C@@H](Cc2ccccc2)NC1=O. The van der Waals surface area contributed by atoms with Gasteiger partial charge in [0.15, 0.2) is 5.69 Å². The van der Waals surface area contributed by atoms with Crippen LogP contribution < -0.4 is 21.3 Å². The van der Waals surface area contributed by atoms with Gasteiger partial charge in [-0.25, -0.2) is 4.98 Å². The van der Waals surface area contributed by atoms with Crippen LogP contribution in [-0.4, -0.2) is 52.2 Å². The fourth-order valence-corrected chi connectivity index (χ4v) is 4.69. The van der Waals surface area contributed by atoms with Crippen molar-refractivity contribution in [1.82, 2.24) is 31.2 Å². The number of nitrogens with zero attached hydrogens (tertiary/aromatic N) is 2. The van der Waals surface area contributed by atoms with Gasteiger partial charge in [-0.15, -0.1) is 0 Å². The molecule has 0 aliphatic carbocycles. The Morgan fingerprint density at radius 3 is 2.61 bits per heavy atom. The number of pyridine rings is 1. The molecule has 1 aromatic carbocycles. The molecule has 3 heterocycles. The summed E-state index contributed by atoms with van der Waals surface area (Å²) in [7, 11) is 0. The fraction of sp³-hybridized carbons (Fsp3) is 0.379. The van der Waals surface area contributed by atoms with E-state index in [2.05, 4.69) is 31.2 Å². The number of oxazole rings is 1. The molecule has 1 aliphatic heterocycles. The number of hydrogen-bond donors (Lipinski definition) is 4. The van der Waals surface area contributed by atoms with Crippen molar-refractivity contribution in [1.29, 1.82) is 0 Å². The third kappa shape index (κ3) is 7.91. The van der Waals surface area contributed by atoms with Crippen LogP contribution in [0.5, 0.6) is 0 Å². The number of aromatic nitrogens is 2. The average Bonchev–Trinajstić information content (AvgIpc) is 3.45. The molecule has 3 aromatic rings. The third-order valence-electron chi connectivity index (χ3n) is 6.74. The molecule has 0 fully saturated rings. The Hall–Kier alpha value is -4.25. The maximum atomic E-state index is 13.6. The first-order chi connectivity index (χ1) is 19.7. The van der Waals surface area contributed by atoms with E-state index >= 15 is 0 Å². The zero-order valence-electron chi connectivity index (χ0n) is 22.9. The van der Waals surface area contributed by atoms with E-state index in [1.165, 1.54) is 24.7 Å². The van der Waals surface area contributed by atoms with E-state index in [1.807, 2.05) is 44.2 Å². The van der Waals surface area contributed by atoms with Gasteiger partial charge in [-0.2, -0.15) is 0 Å². The van der Waals surface area contributed by atoms with Gasteiger partial charge in [-0.05, 0) is 36.8 Å². The number of fused-ring (bicyclic) bond motifs is 2. The second-order valence-electron chi connectivity index (χ2n) is 10.2. The van der Waals surface area contributed by atoms with Crippen molar-refractivity contribution < 1.29 is 23.6 Å². The second-order valence-corrected chi connectivity index (χ2v) is 10.6. The Morgan fingerprint density at radius 1 is 1.10 bits per heavy atom. The first-order valence-corrected chi connectivity index (χ1v) is 13.9. The summed E-state index contributed by atoms with van der Waals surface area (Å²) in [6.07, 6.45) is 5.71. The Labute approximate surface area is 242 Å². The quantitative estimate of drug-likeness (QED) is 0.361. The number of halogens is 1. The van der Waals surface area contributed by atoms with E-state index in [0.29, 0.717) is 25.8 Å². The zero-order chi connectivity index (χ0) is 29.4. The molecule has 2 bridgehead atoms. The van der Waals surface area contributed by atoms with E-state index in [1.54, 1.807) is 0 Å². The number of carbonyl (C=O) groups excluding carboxylic acids is 4. The standard InChI is InChI=1S/C29H33ClN6O5/c1-17(2)24-28(40)34-22(14-18-8-4-3-5-9-18)29-35-23(16-41-29)26(38)32-12-7-6-10-21(27(39)36-24)33-25(37)19-11-13-31-15-20(19)30/h3-5,8-9,11,13,15-17,21-22,24H,6-7,10,12,14H2,1-2H3,(H,32,38)(H,33,37)(H,34,40)(H,36,39)/t21-,22+,24-/m0/s1. The van der Waals surface area contributed by atoms with Crippen LogP contribution in [0.15, 0.2) is 59.5 Å². The van der Waals surface area contributed by atoms with Crippen molar-refractivity contribution in [3.05, 3.63) is 82.8 Å². The fourth-order valence-electron chi connectivity index (χ4n) is 4.48. The zero-order valence-corrected chi connectivity index (χ0v) is 23.6. The minimum absolute atomic E-state index is 0.104. The lowest BCUT2D eigenvalue weighted by atomic mass is 10.00. The molecule has 0 saturated carbocycles. The molecule has 0 saturated heterocycles. The van der Waals surface area contributed by atoms with Crippen molar-refractivity contribution >= 4 is 35.2 Å². The maximum absolute atomic E-state index is 13.6. The molecule has 12 heteroatoms. The van der Waals surface area contributed by atoms with Crippen LogP contribution in [0.2, 0.25) is 5.02 Å². The van der Waals surface area contributed by atoms with Crippen LogP contribution in [0.25, 0.3) is 0 Å². The number of amides is 4. The van der Waals surface area contributed by atoms with E-state index in [9.17, 15) is 19.2 Å². The lowest BCUT2D eigenvalue weighted by Crippen LogP contribution is -2.56. The highest BCUT2D eigenvalue weighted by atomic mass is 35.5. The molecule has 4 amide bonds. The predicted octanol–water partition coefficient (Wildman–Crippen LogP) is 2.98. The molecule has 0 spiro atoms. The monoisotopic (exact) mass is 580 g/mol. The first kappa shape index (κ1) is 29.7. The van der Waals surface area contributed by atoms with Gasteiger partial charge in [0.2, 0.25) is 17.7 Å². The number of benzene rings is 1. The summed E-state index contributed by atoms with van der Waals surface area (Å²) in [5, 5.41) is 11.5. The largest absolute Gasteiger partial charge is 0.446 e. The van der Waals surface area contributed by atoms with E-state index < -0.39 is 41.8 Å². The van der Waals surface area contributed by atoms with Gasteiger partial charge in [-0.3, -0.25) is 24.2 Å². The Morgan fingerprint density at radius 2 is 1.88 bits per heavy atom. The first-order valence-electron chi connectivity index (χ1n) is 13.5. The molecular formula is C29H33ClN6O5. The van der Waals surface area contributed by atoms with Crippen LogP contribution in [-0.2, 0) is 16.0 Å². The number of rotatable bonds is 5. The Balaban J connectivity index is 1.60. The molecule has 2 aromatic heterocycles. The Kier molecular flexibility index (Phi) is 10.1. The van der Waals surface area contributed by atoms with Gasteiger partial charge in [0.05, 0.1) is 10.6 Å². The molecule has 11 nitrogen and oxygen atoms in total. The smallest absolute Gasteiger partial charge is 0.273 e. The molecule has 4 N–H and O–H groups in total. The highest BCUT2D eigenvalue weighted by Crippen LogP contribution is 2.20. The normalized spacial score (nSPS) is 20.6. The highest BCUT2D eigenvalue weighted by Gasteiger charge is 2.32. The molecule has 41 heavy (non-hydrogen) atoms. The summed E-state index contributed by atoms with van der Waals surface area (Å²) in [5.41, 5.74) is 1.20. The van der Waals surface area contributed by atoms with E-state index in [-0.39, 0.29) is 34.5 Å². The summed E-state index contributed by atoms with van der Waals surface area (Å²) < 4.78 is 5.64. The molecule has 0 radical (unpaired) electrons. The van der Waals surface area contributed by atoms with Gasteiger partial charge in [0.1, 0.15) is 24.4 Å². The molecule has 3 atom stereocenters. The lowest BCUT2D eigenvalue weighted by Gasteiger charge is -2.27. The summed E-state index contributed by atoms with van der Waals surface area (Å²) in [6, 6.07) is 8.35. The van der Waals surface area contributed by atoms with Crippen molar-refractivity contribution in [3.8, 4) is 0 Å². The molecular weight excluding hydrogens is 548 g/mol. The number of hydrogen-bond acceptors (Lipinski definition) is 7. The number of nitrogens with one attached hydrogen (secondary N) is 4. The topological polar surface area (TPSA) is 155 Å². The summed E-state index contributed by atoms with van der Waals surface area (Å²) in [4.78, 5) is 61.0. The van der Waals surface area contributed by atoms with E-state index in [0.717, 1.165) is 5.56 Å². The van der Waals surface area contributed by atoms with Crippen LogP contribution in [0, 0.1) is 5.92 Å². The van der Waals surface area contributed by atoms with Crippen LogP contribution in [0.1, 0.15) is 71.5 Å². The van der Waals surface area contributed by atoms with Gasteiger partial charge < -0.3 is 25.7 Å².